The first-order chi connectivity index (χ1) is 9.95. The van der Waals surface area contributed by atoms with E-state index in [1.165, 1.54) is 18.3 Å². The van der Waals surface area contributed by atoms with Gasteiger partial charge in [0.1, 0.15) is 4.60 Å². The van der Waals surface area contributed by atoms with Gasteiger partial charge in [-0.25, -0.2) is 9.37 Å². The zero-order chi connectivity index (χ0) is 15.4. The monoisotopic (exact) mass is 360 g/mol. The highest BCUT2D eigenvalue weighted by Crippen LogP contribution is 2.23. The van der Waals surface area contributed by atoms with Gasteiger partial charge in [-0.2, -0.15) is 8.78 Å². The number of carbonyl (C=O) groups excluding carboxylic acids is 1. The molecule has 0 aliphatic heterocycles. The number of aromatic nitrogens is 1. The number of benzene rings is 1. The van der Waals surface area contributed by atoms with E-state index in [4.69, 9.17) is 0 Å². The van der Waals surface area contributed by atoms with Gasteiger partial charge in [0, 0.05) is 18.0 Å². The molecule has 0 aliphatic carbocycles. The van der Waals surface area contributed by atoms with Crippen molar-refractivity contribution in [2.24, 2.45) is 0 Å². The first kappa shape index (κ1) is 15.3. The maximum absolute atomic E-state index is 13.5. The lowest BCUT2D eigenvalue weighted by Crippen LogP contribution is -2.12. The summed E-state index contributed by atoms with van der Waals surface area (Å²) in [5, 5.41) is 2.42. The number of ether oxygens (including phenoxy) is 1. The first-order valence-corrected chi connectivity index (χ1v) is 6.42. The number of nitrogens with one attached hydrogen (secondary N) is 1. The lowest BCUT2D eigenvalue weighted by Gasteiger charge is -2.08. The van der Waals surface area contributed by atoms with Crippen LogP contribution in [-0.4, -0.2) is 17.5 Å². The predicted molar refractivity (Wildman–Crippen MR) is 72.9 cm³/mol. The highest BCUT2D eigenvalue weighted by atomic mass is 79.9. The molecule has 1 amide bonds. The minimum atomic E-state index is -3.12. The van der Waals surface area contributed by atoms with Crippen LogP contribution in [0.2, 0.25) is 0 Å². The molecule has 0 unspecified atom stereocenters. The molecule has 2 rings (SSSR count). The van der Waals surface area contributed by atoms with Crippen LogP contribution in [0, 0.1) is 5.82 Å². The summed E-state index contributed by atoms with van der Waals surface area (Å²) in [6.07, 6.45) is 1.34. The Morgan fingerprint density at radius 2 is 2.05 bits per heavy atom. The average Bonchev–Trinajstić information content (AvgIpc) is 2.42. The Balaban J connectivity index is 2.11. The number of alkyl halides is 2. The van der Waals surface area contributed by atoms with Gasteiger partial charge in [-0.3, -0.25) is 4.79 Å². The van der Waals surface area contributed by atoms with Crippen molar-refractivity contribution in [3.63, 3.8) is 0 Å². The van der Waals surface area contributed by atoms with E-state index in [0.717, 1.165) is 12.1 Å². The summed E-state index contributed by atoms with van der Waals surface area (Å²) in [5.41, 5.74) is 0.383. The van der Waals surface area contributed by atoms with E-state index in [0.29, 0.717) is 4.60 Å². The SMILES string of the molecule is O=C(Nc1ccc(OC(F)F)c(F)c1)c1ccc(Br)nc1. The molecule has 0 saturated heterocycles. The minimum Gasteiger partial charge on any atom is -0.432 e. The number of amides is 1. The molecule has 1 heterocycles. The van der Waals surface area contributed by atoms with Crippen LogP contribution in [0.4, 0.5) is 18.9 Å². The van der Waals surface area contributed by atoms with Gasteiger partial charge in [-0.1, -0.05) is 0 Å². The topological polar surface area (TPSA) is 51.2 Å². The smallest absolute Gasteiger partial charge is 0.387 e. The van der Waals surface area contributed by atoms with E-state index < -0.39 is 24.1 Å². The van der Waals surface area contributed by atoms with Crippen LogP contribution in [0.3, 0.4) is 0 Å². The number of anilines is 1. The number of halogens is 4. The second kappa shape index (κ2) is 6.57. The average molecular weight is 361 g/mol. The summed E-state index contributed by atoms with van der Waals surface area (Å²) < 4.78 is 42.0. The van der Waals surface area contributed by atoms with Crippen LogP contribution in [0.15, 0.2) is 41.1 Å². The molecule has 0 fully saturated rings. The molecular formula is C13H8BrF3N2O2. The summed E-state index contributed by atoms with van der Waals surface area (Å²) in [7, 11) is 0. The van der Waals surface area contributed by atoms with Crippen molar-refractivity contribution < 1.29 is 22.7 Å². The Morgan fingerprint density at radius 3 is 2.62 bits per heavy atom. The fraction of sp³-hybridized carbons (Fsp3) is 0.0769. The van der Waals surface area contributed by atoms with Crippen molar-refractivity contribution >= 4 is 27.5 Å². The van der Waals surface area contributed by atoms with Gasteiger partial charge in [0.15, 0.2) is 11.6 Å². The van der Waals surface area contributed by atoms with Crippen LogP contribution in [0.25, 0.3) is 0 Å². The molecule has 0 aliphatic rings. The van der Waals surface area contributed by atoms with Crippen LogP contribution in [0.1, 0.15) is 10.4 Å². The van der Waals surface area contributed by atoms with E-state index in [2.05, 4.69) is 31.0 Å². The molecule has 0 atom stereocenters. The molecule has 0 radical (unpaired) electrons. The molecule has 4 nitrogen and oxygen atoms in total. The number of hydrogen-bond donors (Lipinski definition) is 1. The molecular weight excluding hydrogens is 353 g/mol. The summed E-state index contributed by atoms with van der Waals surface area (Å²) >= 11 is 3.13. The number of nitrogens with zero attached hydrogens (tertiary/aromatic N) is 1. The summed E-state index contributed by atoms with van der Waals surface area (Å²) in [6, 6.07) is 6.26. The molecule has 2 aromatic rings. The van der Waals surface area contributed by atoms with E-state index in [1.807, 2.05) is 0 Å². The number of hydrogen-bond acceptors (Lipinski definition) is 3. The zero-order valence-corrected chi connectivity index (χ0v) is 11.9. The van der Waals surface area contributed by atoms with Gasteiger partial charge in [-0.05, 0) is 40.2 Å². The normalized spacial score (nSPS) is 10.5. The Labute approximate surface area is 126 Å². The first-order valence-electron chi connectivity index (χ1n) is 5.63. The molecule has 110 valence electrons. The zero-order valence-electron chi connectivity index (χ0n) is 10.3. The predicted octanol–water partition coefficient (Wildman–Crippen LogP) is 3.84. The number of rotatable bonds is 4. The maximum atomic E-state index is 13.5. The fourth-order valence-electron chi connectivity index (χ4n) is 1.48. The molecule has 1 aromatic heterocycles. The standard InChI is InChI=1S/C13H8BrF3N2O2/c14-11-4-1-7(6-18-11)12(20)19-8-2-3-10(9(15)5-8)21-13(16)17/h1-6,13H,(H,19,20). The van der Waals surface area contributed by atoms with E-state index in [-0.39, 0.29) is 11.3 Å². The van der Waals surface area contributed by atoms with Crippen LogP contribution in [-0.2, 0) is 0 Å². The summed E-state index contributed by atoms with van der Waals surface area (Å²) in [5.74, 6) is -2.09. The molecule has 0 spiro atoms. The van der Waals surface area contributed by atoms with E-state index >= 15 is 0 Å². The molecule has 8 heteroatoms. The summed E-state index contributed by atoms with van der Waals surface area (Å²) in [6.45, 7) is -3.12. The second-order valence-electron chi connectivity index (χ2n) is 3.85. The van der Waals surface area contributed by atoms with Gasteiger partial charge >= 0.3 is 6.61 Å². The number of pyridine rings is 1. The molecule has 21 heavy (non-hydrogen) atoms. The van der Waals surface area contributed by atoms with Gasteiger partial charge in [-0.15, -0.1) is 0 Å². The van der Waals surface area contributed by atoms with Crippen molar-refractivity contribution in [2.45, 2.75) is 6.61 Å². The molecule has 0 bridgehead atoms. The third kappa shape index (κ3) is 4.19. The third-order valence-electron chi connectivity index (χ3n) is 2.40. The number of carbonyl (C=O) groups is 1. The highest BCUT2D eigenvalue weighted by Gasteiger charge is 2.12. The van der Waals surface area contributed by atoms with Crippen molar-refractivity contribution in [1.82, 2.24) is 4.98 Å². The van der Waals surface area contributed by atoms with E-state index in [9.17, 15) is 18.0 Å². The van der Waals surface area contributed by atoms with Crippen molar-refractivity contribution in [3.8, 4) is 5.75 Å². The van der Waals surface area contributed by atoms with Crippen LogP contribution in [0.5, 0.6) is 5.75 Å². The minimum absolute atomic E-state index is 0.113. The van der Waals surface area contributed by atoms with Gasteiger partial charge in [0.25, 0.3) is 5.91 Å². The Bertz CT molecular complexity index is 650. The quantitative estimate of drug-likeness (QED) is 0.842. The van der Waals surface area contributed by atoms with Crippen LogP contribution >= 0.6 is 15.9 Å². The summed E-state index contributed by atoms with van der Waals surface area (Å²) in [4.78, 5) is 15.7. The fourth-order valence-corrected chi connectivity index (χ4v) is 1.72. The van der Waals surface area contributed by atoms with Crippen LogP contribution < -0.4 is 10.1 Å². The lowest BCUT2D eigenvalue weighted by molar-refractivity contribution is -0.0521. The lowest BCUT2D eigenvalue weighted by atomic mass is 10.2. The van der Waals surface area contributed by atoms with Crippen molar-refractivity contribution in [1.29, 1.82) is 0 Å². The van der Waals surface area contributed by atoms with Crippen molar-refractivity contribution in [2.75, 3.05) is 5.32 Å². The molecule has 1 aromatic carbocycles. The second-order valence-corrected chi connectivity index (χ2v) is 4.66. The molecule has 0 saturated carbocycles. The van der Waals surface area contributed by atoms with Gasteiger partial charge in [0.2, 0.25) is 0 Å². The Hall–Kier alpha value is -2.09. The van der Waals surface area contributed by atoms with Crippen molar-refractivity contribution in [3.05, 3.63) is 52.5 Å². The van der Waals surface area contributed by atoms with Gasteiger partial charge in [0.05, 0.1) is 5.56 Å². The Kier molecular flexibility index (Phi) is 4.79. The highest BCUT2D eigenvalue weighted by molar-refractivity contribution is 9.10. The van der Waals surface area contributed by atoms with Gasteiger partial charge < -0.3 is 10.1 Å². The third-order valence-corrected chi connectivity index (χ3v) is 2.86. The van der Waals surface area contributed by atoms with E-state index in [1.54, 1.807) is 6.07 Å². The Morgan fingerprint density at radius 1 is 1.29 bits per heavy atom. The molecule has 1 N–H and O–H groups in total. The maximum Gasteiger partial charge on any atom is 0.387 e. The largest absolute Gasteiger partial charge is 0.432 e.